The molecule has 0 rings (SSSR count). The van der Waals surface area contributed by atoms with Crippen molar-refractivity contribution >= 4 is 23.7 Å². The Morgan fingerprint density at radius 3 is 1.79 bits per heavy atom. The summed E-state index contributed by atoms with van der Waals surface area (Å²) in [5.74, 6) is -2.52. The summed E-state index contributed by atoms with van der Waals surface area (Å²) in [5, 5.41) is 2.68. The first-order valence-electron chi connectivity index (χ1n) is 6.02. The molecule has 7 nitrogen and oxygen atoms in total. The molecular formula is C12H24N2O5. The number of amides is 3. The molecule has 0 spiro atoms. The Morgan fingerprint density at radius 1 is 1.05 bits per heavy atom. The van der Waals surface area contributed by atoms with Crippen molar-refractivity contribution in [2.75, 3.05) is 7.05 Å². The highest BCUT2D eigenvalue weighted by atomic mass is 16.7. The standard InChI is InChI=1S/C9H14N2O5.C3H8.H2/c1-6(12)11(7(2)13)16-9(15)5-4-8(14)10-3;1-3-2;/h4-5H2,1-3H3,(H,10,14);3H2,1-2H3;1H. The lowest BCUT2D eigenvalue weighted by molar-refractivity contribution is -0.200. The van der Waals surface area contributed by atoms with E-state index in [1.807, 2.05) is 0 Å². The largest absolute Gasteiger partial charge is 0.359 e. The Morgan fingerprint density at radius 2 is 1.47 bits per heavy atom. The third-order valence-corrected chi connectivity index (χ3v) is 1.60. The second kappa shape index (κ2) is 11.2. The molecule has 3 amide bonds. The lowest BCUT2D eigenvalue weighted by Crippen LogP contribution is -2.35. The van der Waals surface area contributed by atoms with E-state index in [0.29, 0.717) is 5.06 Å². The molecule has 0 atom stereocenters. The molecule has 19 heavy (non-hydrogen) atoms. The first kappa shape index (κ1) is 19.4. The number of hydrogen-bond acceptors (Lipinski definition) is 5. The van der Waals surface area contributed by atoms with Crippen LogP contribution in [0.1, 0.15) is 48.4 Å². The van der Waals surface area contributed by atoms with Gasteiger partial charge in [0.2, 0.25) is 5.91 Å². The van der Waals surface area contributed by atoms with Crippen LogP contribution < -0.4 is 5.32 Å². The average molecular weight is 276 g/mol. The molecule has 0 aromatic carbocycles. The lowest BCUT2D eigenvalue weighted by Gasteiger charge is -2.15. The molecule has 0 aliphatic heterocycles. The summed E-state index contributed by atoms with van der Waals surface area (Å²) in [6.07, 6.45) is 0.996. The number of nitrogens with zero attached hydrogens (tertiary/aromatic N) is 1. The maximum absolute atomic E-state index is 11.1. The number of imide groups is 1. The van der Waals surface area contributed by atoms with Gasteiger partial charge in [-0.25, -0.2) is 4.79 Å². The second-order valence-electron chi connectivity index (χ2n) is 3.68. The molecule has 0 unspecified atom stereocenters. The van der Waals surface area contributed by atoms with Gasteiger partial charge < -0.3 is 10.2 Å². The van der Waals surface area contributed by atoms with E-state index < -0.39 is 17.8 Å². The zero-order valence-corrected chi connectivity index (χ0v) is 12.1. The van der Waals surface area contributed by atoms with E-state index in [1.54, 1.807) is 0 Å². The Bertz CT molecular complexity index is 320. The van der Waals surface area contributed by atoms with Crippen molar-refractivity contribution in [1.29, 1.82) is 0 Å². The molecule has 0 aromatic heterocycles. The van der Waals surface area contributed by atoms with E-state index in [2.05, 4.69) is 24.0 Å². The number of rotatable bonds is 3. The van der Waals surface area contributed by atoms with Gasteiger partial charge in [0.1, 0.15) is 0 Å². The van der Waals surface area contributed by atoms with E-state index in [0.717, 1.165) is 13.8 Å². The van der Waals surface area contributed by atoms with Crippen molar-refractivity contribution < 1.29 is 25.4 Å². The normalized spacial score (nSPS) is 8.68. The molecule has 112 valence electrons. The third kappa shape index (κ3) is 10.9. The van der Waals surface area contributed by atoms with Crippen LogP contribution in [0.5, 0.6) is 0 Å². The summed E-state index contributed by atoms with van der Waals surface area (Å²) in [6.45, 7) is 6.43. The second-order valence-corrected chi connectivity index (χ2v) is 3.68. The summed E-state index contributed by atoms with van der Waals surface area (Å²) in [6, 6.07) is 0. The molecule has 0 aromatic rings. The number of carbonyl (C=O) groups excluding carboxylic acids is 4. The first-order valence-corrected chi connectivity index (χ1v) is 6.02. The fourth-order valence-electron chi connectivity index (χ4n) is 0.838. The van der Waals surface area contributed by atoms with E-state index in [4.69, 9.17) is 0 Å². The van der Waals surface area contributed by atoms with Crippen LogP contribution in [0.3, 0.4) is 0 Å². The highest BCUT2D eigenvalue weighted by Crippen LogP contribution is 1.99. The molecule has 7 heteroatoms. The van der Waals surface area contributed by atoms with Crippen molar-refractivity contribution in [3.05, 3.63) is 0 Å². The lowest BCUT2D eigenvalue weighted by atomic mass is 10.3. The molecule has 0 fully saturated rings. The molecule has 0 bridgehead atoms. The average Bonchev–Trinajstić information content (AvgIpc) is 2.33. The fourth-order valence-corrected chi connectivity index (χ4v) is 0.838. The van der Waals surface area contributed by atoms with Crippen LogP contribution in [0.4, 0.5) is 0 Å². The van der Waals surface area contributed by atoms with Gasteiger partial charge in [-0.3, -0.25) is 14.4 Å². The minimum Gasteiger partial charge on any atom is -0.359 e. The molecule has 0 aliphatic rings. The van der Waals surface area contributed by atoms with Gasteiger partial charge in [-0.1, -0.05) is 20.3 Å². The number of nitrogens with one attached hydrogen (secondary N) is 1. The molecule has 0 saturated carbocycles. The van der Waals surface area contributed by atoms with Crippen LogP contribution in [0.25, 0.3) is 0 Å². The van der Waals surface area contributed by atoms with Crippen molar-refractivity contribution in [2.45, 2.75) is 47.0 Å². The van der Waals surface area contributed by atoms with Crippen molar-refractivity contribution in [3.8, 4) is 0 Å². The Kier molecular flexibility index (Phi) is 11.4. The minimum atomic E-state index is -0.811. The Balaban J connectivity index is -0.000000657. The number of carbonyl (C=O) groups is 4. The van der Waals surface area contributed by atoms with Crippen LogP contribution in [0.15, 0.2) is 0 Å². The first-order chi connectivity index (χ1) is 8.79. The summed E-state index contributed by atoms with van der Waals surface area (Å²) < 4.78 is 0. The van der Waals surface area contributed by atoms with Crippen molar-refractivity contribution in [3.63, 3.8) is 0 Å². The van der Waals surface area contributed by atoms with E-state index >= 15 is 0 Å². The number of hydrogen-bond donors (Lipinski definition) is 1. The van der Waals surface area contributed by atoms with Gasteiger partial charge >= 0.3 is 5.97 Å². The Hall–Kier alpha value is -1.92. The van der Waals surface area contributed by atoms with Gasteiger partial charge in [-0.2, -0.15) is 0 Å². The van der Waals surface area contributed by atoms with Crippen LogP contribution in [-0.2, 0) is 24.0 Å². The van der Waals surface area contributed by atoms with Gasteiger partial charge in [-0.05, 0) is 0 Å². The Labute approximate surface area is 114 Å². The van der Waals surface area contributed by atoms with Gasteiger partial charge in [0, 0.05) is 28.7 Å². The fraction of sp³-hybridized carbons (Fsp3) is 0.667. The highest BCUT2D eigenvalue weighted by molar-refractivity contribution is 5.93. The quantitative estimate of drug-likeness (QED) is 0.777. The minimum absolute atomic E-state index is 0. The number of hydroxylamine groups is 2. The molecule has 0 heterocycles. The molecular weight excluding hydrogens is 252 g/mol. The zero-order chi connectivity index (χ0) is 15.4. The molecule has 0 radical (unpaired) electrons. The van der Waals surface area contributed by atoms with Crippen LogP contribution >= 0.6 is 0 Å². The smallest absolute Gasteiger partial charge is 0.333 e. The highest BCUT2D eigenvalue weighted by Gasteiger charge is 2.19. The maximum Gasteiger partial charge on any atom is 0.333 e. The molecule has 0 aliphatic carbocycles. The van der Waals surface area contributed by atoms with Gasteiger partial charge in [0.15, 0.2) is 0 Å². The summed E-state index contributed by atoms with van der Waals surface area (Å²) >= 11 is 0. The van der Waals surface area contributed by atoms with Crippen LogP contribution in [-0.4, -0.2) is 35.8 Å². The van der Waals surface area contributed by atoms with Gasteiger partial charge in [0.25, 0.3) is 11.8 Å². The van der Waals surface area contributed by atoms with Crippen molar-refractivity contribution in [1.82, 2.24) is 10.4 Å². The van der Waals surface area contributed by atoms with Crippen molar-refractivity contribution in [2.24, 2.45) is 0 Å². The van der Waals surface area contributed by atoms with E-state index in [-0.39, 0.29) is 20.2 Å². The summed E-state index contributed by atoms with van der Waals surface area (Å²) in [7, 11) is 1.44. The monoisotopic (exact) mass is 276 g/mol. The predicted octanol–water partition coefficient (Wildman–Crippen LogP) is 1.03. The topological polar surface area (TPSA) is 92.8 Å². The molecule has 1 N–H and O–H groups in total. The van der Waals surface area contributed by atoms with E-state index in [1.165, 1.54) is 13.5 Å². The van der Waals surface area contributed by atoms with E-state index in [9.17, 15) is 19.2 Å². The maximum atomic E-state index is 11.1. The predicted molar refractivity (Wildman–Crippen MR) is 70.7 cm³/mol. The third-order valence-electron chi connectivity index (χ3n) is 1.60. The van der Waals surface area contributed by atoms with Crippen LogP contribution in [0, 0.1) is 0 Å². The zero-order valence-electron chi connectivity index (χ0n) is 12.1. The van der Waals surface area contributed by atoms with Gasteiger partial charge in [0.05, 0.1) is 6.42 Å². The molecule has 0 saturated heterocycles. The summed E-state index contributed by atoms with van der Waals surface area (Å²) in [4.78, 5) is 48.1. The SMILES string of the molecule is CCC.CNC(=O)CCC(=O)ON(C(C)=O)C(C)=O.[HH]. The summed E-state index contributed by atoms with van der Waals surface area (Å²) in [5.41, 5.74) is 0. The van der Waals surface area contributed by atoms with Gasteiger partial charge in [-0.15, -0.1) is 5.06 Å². The van der Waals surface area contributed by atoms with Crippen LogP contribution in [0.2, 0.25) is 0 Å².